The SMILES string of the molecule is CO[13c]1[13cH][13cH][13c](C(=O)O)[13cH][13cH]1. The van der Waals surface area contributed by atoms with E-state index in [2.05, 4.69) is 0 Å². The van der Waals surface area contributed by atoms with E-state index in [0.29, 0.717) is 5.75 Å². The second-order valence-electron chi connectivity index (χ2n) is 2.03. The third kappa shape index (κ3) is 1.70. The van der Waals surface area contributed by atoms with Crippen LogP contribution in [-0.4, -0.2) is 18.2 Å². The Bertz CT molecular complexity index is 251. The van der Waals surface area contributed by atoms with Crippen molar-refractivity contribution in [2.45, 2.75) is 0 Å². The van der Waals surface area contributed by atoms with Gasteiger partial charge >= 0.3 is 5.97 Å². The molecule has 3 nitrogen and oxygen atoms in total. The molecule has 0 spiro atoms. The van der Waals surface area contributed by atoms with E-state index in [1.54, 1.807) is 12.1 Å². The molecule has 0 amide bonds. The van der Waals surface area contributed by atoms with Gasteiger partial charge in [0.05, 0.1) is 12.7 Å². The summed E-state index contributed by atoms with van der Waals surface area (Å²) in [4.78, 5) is 10.4. The maximum Gasteiger partial charge on any atom is 0.335 e. The van der Waals surface area contributed by atoms with Crippen LogP contribution >= 0.6 is 0 Å². The molecule has 0 aromatic heterocycles. The molecule has 0 bridgehead atoms. The van der Waals surface area contributed by atoms with E-state index < -0.39 is 5.97 Å². The number of aromatic carboxylic acids is 1. The van der Waals surface area contributed by atoms with Crippen LogP contribution < -0.4 is 4.74 Å². The first-order valence-corrected chi connectivity index (χ1v) is 3.11. The minimum Gasteiger partial charge on any atom is -0.497 e. The Morgan fingerprint density at radius 3 is 2.27 bits per heavy atom. The number of benzene rings is 1. The van der Waals surface area contributed by atoms with Gasteiger partial charge in [-0.05, 0) is 24.3 Å². The first kappa shape index (κ1) is 7.60. The summed E-state index contributed by atoms with van der Waals surface area (Å²) in [7, 11) is 1.54. The van der Waals surface area contributed by atoms with Crippen molar-refractivity contribution in [3.63, 3.8) is 0 Å². The van der Waals surface area contributed by atoms with Gasteiger partial charge in [-0.15, -0.1) is 0 Å². The summed E-state index contributed by atoms with van der Waals surface area (Å²) in [6.45, 7) is 0. The van der Waals surface area contributed by atoms with Crippen molar-refractivity contribution in [3.05, 3.63) is 29.8 Å². The van der Waals surface area contributed by atoms with Gasteiger partial charge in [0.2, 0.25) is 0 Å². The molecule has 0 radical (unpaired) electrons. The Morgan fingerprint density at radius 1 is 1.36 bits per heavy atom. The molecule has 0 heterocycles. The first-order valence-electron chi connectivity index (χ1n) is 3.11. The number of carboxylic acid groups (broad SMARTS) is 1. The largest absolute Gasteiger partial charge is 0.497 e. The van der Waals surface area contributed by atoms with Crippen LogP contribution in [0.5, 0.6) is 5.75 Å². The molecule has 1 aromatic carbocycles. The number of rotatable bonds is 2. The van der Waals surface area contributed by atoms with Crippen molar-refractivity contribution in [1.82, 2.24) is 0 Å². The average Bonchev–Trinajstić information content (AvgIpc) is 2.05. The van der Waals surface area contributed by atoms with E-state index in [1.807, 2.05) is 0 Å². The molecule has 0 aliphatic carbocycles. The molecule has 1 rings (SSSR count). The van der Waals surface area contributed by atoms with E-state index in [-0.39, 0.29) is 5.56 Å². The van der Waals surface area contributed by atoms with Crippen LogP contribution in [0.2, 0.25) is 0 Å². The van der Waals surface area contributed by atoms with Gasteiger partial charge in [0.25, 0.3) is 0 Å². The van der Waals surface area contributed by atoms with Gasteiger partial charge in [-0.25, -0.2) is 4.79 Å². The Balaban J connectivity index is 2.91. The second-order valence-corrected chi connectivity index (χ2v) is 2.03. The lowest BCUT2D eigenvalue weighted by molar-refractivity contribution is 0.0697. The molecule has 11 heavy (non-hydrogen) atoms. The molecule has 0 saturated heterocycles. The molecule has 0 fully saturated rings. The van der Waals surface area contributed by atoms with Gasteiger partial charge in [-0.3, -0.25) is 0 Å². The van der Waals surface area contributed by atoms with Gasteiger partial charge in [-0.2, -0.15) is 0 Å². The highest BCUT2D eigenvalue weighted by molar-refractivity contribution is 5.87. The molecule has 0 unspecified atom stereocenters. The summed E-state index contributed by atoms with van der Waals surface area (Å²) in [6.07, 6.45) is 0. The van der Waals surface area contributed by atoms with Crippen molar-refractivity contribution in [2.75, 3.05) is 7.11 Å². The van der Waals surface area contributed by atoms with Gasteiger partial charge < -0.3 is 9.84 Å². The van der Waals surface area contributed by atoms with Gasteiger partial charge in [0.15, 0.2) is 0 Å². The van der Waals surface area contributed by atoms with Crippen LogP contribution in [0.15, 0.2) is 24.3 Å². The Morgan fingerprint density at radius 2 is 1.91 bits per heavy atom. The monoisotopic (exact) mass is 158 g/mol. The quantitative estimate of drug-likeness (QED) is 0.707. The van der Waals surface area contributed by atoms with Crippen LogP contribution in [0.3, 0.4) is 0 Å². The first-order chi connectivity index (χ1) is 5.24. The van der Waals surface area contributed by atoms with Crippen molar-refractivity contribution >= 4 is 5.97 Å². The highest BCUT2D eigenvalue weighted by atomic mass is 16.5. The van der Waals surface area contributed by atoms with Gasteiger partial charge in [0, 0.05) is 0 Å². The zero-order valence-electron chi connectivity index (χ0n) is 6.07. The molecule has 1 N–H and O–H groups in total. The lowest BCUT2D eigenvalue weighted by atomic mass is 10.9. The van der Waals surface area contributed by atoms with Crippen molar-refractivity contribution < 1.29 is 14.6 Å². The highest BCUT2D eigenvalue weighted by Crippen LogP contribution is 2.10. The third-order valence-electron chi connectivity index (χ3n) is 1.34. The van der Waals surface area contributed by atoms with Crippen molar-refractivity contribution in [2.24, 2.45) is 0 Å². The highest BCUT2D eigenvalue weighted by Gasteiger charge is 2.00. The lowest BCUT2D eigenvalue weighted by Gasteiger charge is -1.98. The van der Waals surface area contributed by atoms with Crippen LogP contribution in [0.4, 0.5) is 0 Å². The molecule has 58 valence electrons. The molecule has 0 saturated carbocycles. The van der Waals surface area contributed by atoms with Crippen molar-refractivity contribution in [3.8, 4) is 5.75 Å². The third-order valence-corrected chi connectivity index (χ3v) is 1.34. The molecule has 0 aliphatic rings. The fourth-order valence-corrected chi connectivity index (χ4v) is 0.734. The maximum atomic E-state index is 10.4. The standard InChI is InChI=1S/C8H8O3/c1-11-7-4-2-6(3-5-7)8(9)10/h2-5H,1H3,(H,9,10)/i2+1,3+1,4+1,5+1,6+1,7+1. The molecular weight excluding hydrogens is 150 g/mol. The topological polar surface area (TPSA) is 46.5 Å². The smallest absolute Gasteiger partial charge is 0.335 e. The summed E-state index contributed by atoms with van der Waals surface area (Å²) in [5.74, 6) is -0.261. The van der Waals surface area contributed by atoms with Crippen molar-refractivity contribution in [1.29, 1.82) is 0 Å². The maximum absolute atomic E-state index is 10.4. The molecule has 1 aromatic rings. The van der Waals surface area contributed by atoms with E-state index in [0.717, 1.165) is 0 Å². The van der Waals surface area contributed by atoms with Crippen LogP contribution in [0, 0.1) is 0 Å². The van der Waals surface area contributed by atoms with Gasteiger partial charge in [0.1, 0.15) is 5.75 Å². The van der Waals surface area contributed by atoms with E-state index >= 15 is 0 Å². The zero-order chi connectivity index (χ0) is 8.27. The number of carbonyl (C=O) groups is 1. The number of hydrogen-bond acceptors (Lipinski definition) is 2. The molecule has 3 heteroatoms. The Kier molecular flexibility index (Phi) is 2.11. The van der Waals surface area contributed by atoms with Crippen LogP contribution in [0.25, 0.3) is 0 Å². The molecule has 0 atom stereocenters. The zero-order valence-corrected chi connectivity index (χ0v) is 6.07. The van der Waals surface area contributed by atoms with Crippen LogP contribution in [-0.2, 0) is 0 Å². The number of carboxylic acids is 1. The minimum atomic E-state index is -0.923. The summed E-state index contributed by atoms with van der Waals surface area (Å²) in [5.41, 5.74) is 0.269. The normalized spacial score (nSPS) is 9.18. The van der Waals surface area contributed by atoms with E-state index in [9.17, 15) is 4.79 Å². The van der Waals surface area contributed by atoms with Crippen LogP contribution in [0.1, 0.15) is 10.4 Å². The Labute approximate surface area is 64.2 Å². The minimum absolute atomic E-state index is 0.269. The lowest BCUT2D eigenvalue weighted by Crippen LogP contribution is -1.95. The van der Waals surface area contributed by atoms with Gasteiger partial charge in [-0.1, -0.05) is 0 Å². The van der Waals surface area contributed by atoms with E-state index in [4.69, 9.17) is 9.84 Å². The summed E-state index contributed by atoms with van der Waals surface area (Å²) in [5, 5.41) is 8.51. The molecular formula is C8H8O3. The fraction of sp³-hybridized carbons (Fsp3) is 0.125. The van der Waals surface area contributed by atoms with E-state index in [1.165, 1.54) is 19.2 Å². The fourth-order valence-electron chi connectivity index (χ4n) is 0.734. The second kappa shape index (κ2) is 3.05. The number of methoxy groups -OCH3 is 1. The number of hydrogen-bond donors (Lipinski definition) is 1. The average molecular weight is 158 g/mol. The number of ether oxygens (including phenoxy) is 1. The summed E-state index contributed by atoms with van der Waals surface area (Å²) < 4.78 is 4.86. The summed E-state index contributed by atoms with van der Waals surface area (Å²) in [6, 6.07) is 6.23. The summed E-state index contributed by atoms with van der Waals surface area (Å²) >= 11 is 0. The molecule has 0 aliphatic heterocycles. The Hall–Kier alpha value is -1.51. The predicted molar refractivity (Wildman–Crippen MR) is 40.0 cm³/mol. The predicted octanol–water partition coefficient (Wildman–Crippen LogP) is 1.39.